The zero-order chi connectivity index (χ0) is 23.8. The maximum absolute atomic E-state index is 2.51. The fourth-order valence-electron chi connectivity index (χ4n) is 6.81. The summed E-state index contributed by atoms with van der Waals surface area (Å²) in [7, 11) is 0. The Balaban J connectivity index is 1.60. The van der Waals surface area contributed by atoms with Crippen molar-refractivity contribution in [2.45, 2.75) is 31.6 Å². The van der Waals surface area contributed by atoms with Crippen molar-refractivity contribution in [1.82, 2.24) is 0 Å². The van der Waals surface area contributed by atoms with Crippen LogP contribution in [0, 0.1) is 6.92 Å². The number of hydrogen-bond donors (Lipinski definition) is 0. The van der Waals surface area contributed by atoms with Crippen molar-refractivity contribution in [2.24, 2.45) is 0 Å². The van der Waals surface area contributed by atoms with Crippen molar-refractivity contribution in [3.63, 3.8) is 0 Å². The van der Waals surface area contributed by atoms with Gasteiger partial charge in [0.15, 0.2) is 0 Å². The number of fused-ring (bicyclic) bond motifs is 6. The Bertz CT molecular complexity index is 1620. The molecule has 5 aromatic carbocycles. The van der Waals surface area contributed by atoms with Crippen LogP contribution in [0.2, 0.25) is 0 Å². The normalized spacial score (nSPS) is 18.5. The topological polar surface area (TPSA) is 0 Å². The van der Waals surface area contributed by atoms with Crippen molar-refractivity contribution in [1.29, 1.82) is 0 Å². The minimum atomic E-state index is -0.348. The third-order valence-corrected chi connectivity index (χ3v) is 8.42. The third kappa shape index (κ3) is 2.57. The van der Waals surface area contributed by atoms with Gasteiger partial charge < -0.3 is 0 Å². The van der Waals surface area contributed by atoms with E-state index in [4.69, 9.17) is 0 Å². The fourth-order valence-corrected chi connectivity index (χ4v) is 6.81. The van der Waals surface area contributed by atoms with Gasteiger partial charge in [-0.25, -0.2) is 0 Å². The van der Waals surface area contributed by atoms with Crippen LogP contribution in [-0.4, -0.2) is 0 Å². The fraction of sp³-hybridized carbons (Fsp3) is 0.143. The number of aryl methyl sites for hydroxylation is 1. The molecule has 1 atom stereocenters. The molecular weight excluding hydrogens is 420 g/mol. The van der Waals surface area contributed by atoms with Crippen LogP contribution in [0.25, 0.3) is 22.3 Å². The molecule has 0 heterocycles. The molecule has 168 valence electrons. The molecule has 5 aromatic rings. The Morgan fingerprint density at radius 3 is 1.77 bits per heavy atom. The average Bonchev–Trinajstić information content (AvgIpc) is 3.31. The minimum Gasteiger partial charge on any atom is -0.0622 e. The highest BCUT2D eigenvalue weighted by atomic mass is 14.5. The molecule has 0 aromatic heterocycles. The molecular formula is C35H28. The summed E-state index contributed by atoms with van der Waals surface area (Å²) in [4.78, 5) is 0. The van der Waals surface area contributed by atoms with Crippen LogP contribution in [0.4, 0.5) is 0 Å². The average molecular weight is 449 g/mol. The van der Waals surface area contributed by atoms with Crippen LogP contribution in [0.15, 0.2) is 115 Å². The van der Waals surface area contributed by atoms with Crippen LogP contribution in [-0.2, 0) is 10.8 Å². The molecule has 0 bridgehead atoms. The van der Waals surface area contributed by atoms with Crippen molar-refractivity contribution < 1.29 is 0 Å². The SMILES string of the molecule is Cc1ccc2c(c1)C(c1ccccc1)(c1ccc3c(c1)C(C)(C)c1ccccc1-3)c1ccccc1-2. The molecule has 0 fully saturated rings. The second kappa shape index (κ2) is 7.06. The van der Waals surface area contributed by atoms with Crippen molar-refractivity contribution >= 4 is 0 Å². The van der Waals surface area contributed by atoms with Gasteiger partial charge in [-0.3, -0.25) is 0 Å². The third-order valence-electron chi connectivity index (χ3n) is 8.42. The monoisotopic (exact) mass is 448 g/mol. The molecule has 2 aliphatic carbocycles. The van der Waals surface area contributed by atoms with Gasteiger partial charge in [-0.05, 0) is 62.6 Å². The summed E-state index contributed by atoms with van der Waals surface area (Å²) >= 11 is 0. The molecule has 2 aliphatic rings. The van der Waals surface area contributed by atoms with E-state index in [1.807, 2.05) is 0 Å². The first-order chi connectivity index (χ1) is 17.0. The molecule has 7 rings (SSSR count). The van der Waals surface area contributed by atoms with Gasteiger partial charge in [0.2, 0.25) is 0 Å². The maximum atomic E-state index is 2.51. The molecule has 0 amide bonds. The van der Waals surface area contributed by atoms with Crippen LogP contribution in [0.5, 0.6) is 0 Å². The molecule has 0 N–H and O–H groups in total. The first-order valence-corrected chi connectivity index (χ1v) is 12.5. The molecule has 0 spiro atoms. The second-order valence-corrected chi connectivity index (χ2v) is 10.6. The smallest absolute Gasteiger partial charge is 0.0622 e. The summed E-state index contributed by atoms with van der Waals surface area (Å²) in [6.45, 7) is 6.95. The largest absolute Gasteiger partial charge is 0.0713 e. The predicted molar refractivity (Wildman–Crippen MR) is 146 cm³/mol. The summed E-state index contributed by atoms with van der Waals surface area (Å²) in [5.74, 6) is 0. The predicted octanol–water partition coefficient (Wildman–Crippen LogP) is 8.66. The van der Waals surface area contributed by atoms with Gasteiger partial charge in [-0.15, -0.1) is 0 Å². The van der Waals surface area contributed by atoms with Crippen molar-refractivity contribution in [3.05, 3.63) is 154 Å². The van der Waals surface area contributed by atoms with Crippen LogP contribution >= 0.6 is 0 Å². The van der Waals surface area contributed by atoms with Gasteiger partial charge >= 0.3 is 0 Å². The zero-order valence-electron chi connectivity index (χ0n) is 20.5. The van der Waals surface area contributed by atoms with E-state index in [1.54, 1.807) is 0 Å². The van der Waals surface area contributed by atoms with E-state index in [0.29, 0.717) is 0 Å². The standard InChI is InChI=1S/C35H28/c1-23-17-19-29-27-14-8-10-16-31(27)35(33(29)21-23,24-11-5-4-6-12-24)25-18-20-28-26-13-7-9-15-30(26)34(2,3)32(28)22-25/h4-22H,1-3H3. The molecule has 0 saturated carbocycles. The van der Waals surface area contributed by atoms with E-state index >= 15 is 0 Å². The van der Waals surface area contributed by atoms with Crippen molar-refractivity contribution in [2.75, 3.05) is 0 Å². The van der Waals surface area contributed by atoms with Crippen LogP contribution < -0.4 is 0 Å². The molecule has 0 aliphatic heterocycles. The number of rotatable bonds is 2. The zero-order valence-corrected chi connectivity index (χ0v) is 20.5. The van der Waals surface area contributed by atoms with E-state index in [1.165, 1.54) is 61.2 Å². The van der Waals surface area contributed by atoms with Crippen LogP contribution in [0.1, 0.15) is 52.8 Å². The Morgan fingerprint density at radius 2 is 1.00 bits per heavy atom. The lowest BCUT2D eigenvalue weighted by molar-refractivity contribution is 0.655. The quantitative estimate of drug-likeness (QED) is 0.249. The lowest BCUT2D eigenvalue weighted by atomic mass is 9.66. The first-order valence-electron chi connectivity index (χ1n) is 12.5. The highest BCUT2D eigenvalue weighted by Gasteiger charge is 2.47. The van der Waals surface area contributed by atoms with E-state index in [2.05, 4.69) is 136 Å². The Morgan fingerprint density at radius 1 is 0.429 bits per heavy atom. The van der Waals surface area contributed by atoms with E-state index in [-0.39, 0.29) is 10.8 Å². The van der Waals surface area contributed by atoms with E-state index in [9.17, 15) is 0 Å². The molecule has 0 saturated heterocycles. The highest BCUT2D eigenvalue weighted by Crippen LogP contribution is 2.58. The summed E-state index contributed by atoms with van der Waals surface area (Å²) in [5, 5.41) is 0. The van der Waals surface area contributed by atoms with Gasteiger partial charge in [0.1, 0.15) is 0 Å². The molecule has 1 unspecified atom stereocenters. The minimum absolute atomic E-state index is 0.0344. The summed E-state index contributed by atoms with van der Waals surface area (Å²) < 4.78 is 0. The van der Waals surface area contributed by atoms with Gasteiger partial charge in [0.05, 0.1) is 5.41 Å². The van der Waals surface area contributed by atoms with E-state index < -0.39 is 0 Å². The van der Waals surface area contributed by atoms with Gasteiger partial charge in [-0.1, -0.05) is 135 Å². The number of hydrogen-bond acceptors (Lipinski definition) is 0. The maximum Gasteiger partial charge on any atom is 0.0713 e. The highest BCUT2D eigenvalue weighted by molar-refractivity contribution is 5.88. The lowest BCUT2D eigenvalue weighted by Crippen LogP contribution is -2.29. The van der Waals surface area contributed by atoms with Gasteiger partial charge in [0, 0.05) is 5.41 Å². The molecule has 35 heavy (non-hydrogen) atoms. The van der Waals surface area contributed by atoms with E-state index in [0.717, 1.165) is 0 Å². The Hall–Kier alpha value is -3.90. The molecule has 0 heteroatoms. The Labute approximate surface area is 207 Å². The summed E-state index contributed by atoms with van der Waals surface area (Å²) in [5.41, 5.74) is 14.6. The van der Waals surface area contributed by atoms with Crippen LogP contribution in [0.3, 0.4) is 0 Å². The lowest BCUT2D eigenvalue weighted by Gasteiger charge is -2.35. The second-order valence-electron chi connectivity index (χ2n) is 10.6. The first kappa shape index (κ1) is 20.5. The Kier molecular flexibility index (Phi) is 4.13. The molecule has 0 radical (unpaired) electrons. The van der Waals surface area contributed by atoms with Gasteiger partial charge in [0.25, 0.3) is 0 Å². The summed E-state index contributed by atoms with van der Waals surface area (Å²) in [6.07, 6.45) is 0. The summed E-state index contributed by atoms with van der Waals surface area (Å²) in [6, 6.07) is 43.3. The number of benzene rings is 5. The van der Waals surface area contributed by atoms with Gasteiger partial charge in [-0.2, -0.15) is 0 Å². The molecule has 0 nitrogen and oxygen atoms in total. The van der Waals surface area contributed by atoms with Crippen molar-refractivity contribution in [3.8, 4) is 22.3 Å².